The molecule has 8 aromatic rings. The summed E-state index contributed by atoms with van der Waals surface area (Å²) in [7, 11) is 0. The van der Waals surface area contributed by atoms with Crippen molar-refractivity contribution in [2.75, 3.05) is 19.6 Å². The first-order chi connectivity index (χ1) is 28.2. The van der Waals surface area contributed by atoms with Crippen molar-refractivity contribution in [1.82, 2.24) is 29.3 Å². The van der Waals surface area contributed by atoms with E-state index in [1.54, 1.807) is 52.4 Å². The lowest BCUT2D eigenvalue weighted by Gasteiger charge is -2.46. The topological polar surface area (TPSA) is 126 Å². The summed E-state index contributed by atoms with van der Waals surface area (Å²) in [6, 6.07) is 29.9. The van der Waals surface area contributed by atoms with E-state index < -0.39 is 28.3 Å². The zero-order valence-electron chi connectivity index (χ0n) is 31.4. The van der Waals surface area contributed by atoms with Gasteiger partial charge >= 0.3 is 0 Å². The molecule has 1 aliphatic rings. The van der Waals surface area contributed by atoms with Crippen molar-refractivity contribution in [3.05, 3.63) is 176 Å². The Morgan fingerprint density at radius 3 is 1.57 bits per heavy atom. The quantitative estimate of drug-likeness (QED) is 0.129. The van der Waals surface area contributed by atoms with Crippen LogP contribution in [0.25, 0.3) is 33.2 Å². The second-order valence-corrected chi connectivity index (χ2v) is 14.3. The van der Waals surface area contributed by atoms with Crippen LogP contribution in [-0.2, 0) is 10.3 Å². The van der Waals surface area contributed by atoms with Gasteiger partial charge in [0, 0.05) is 78.4 Å². The molecule has 0 unspecified atom stereocenters. The number of ether oxygens (including phenoxy) is 2. The average molecular weight is 779 g/mol. The number of carbonyl (C=O) groups is 1. The number of para-hydroxylation sites is 2. The average Bonchev–Trinajstić information content (AvgIpc) is 3.72. The predicted octanol–water partition coefficient (Wildman–Crippen LogP) is 7.74. The van der Waals surface area contributed by atoms with Gasteiger partial charge in [0.05, 0.1) is 22.2 Å². The molecule has 4 aromatic carbocycles. The molecular formula is C45H36F2N6O5. The van der Waals surface area contributed by atoms with Crippen LogP contribution in [0.2, 0.25) is 0 Å². The van der Waals surface area contributed by atoms with E-state index in [2.05, 4.69) is 15.3 Å². The number of nitrogens with one attached hydrogen (secondary N) is 3. The maximum Gasteiger partial charge on any atom is 0.250 e. The van der Waals surface area contributed by atoms with Crippen LogP contribution < -0.4 is 25.9 Å². The molecule has 0 radical (unpaired) electrons. The first kappa shape index (κ1) is 36.4. The van der Waals surface area contributed by atoms with Crippen LogP contribution in [-0.4, -0.2) is 50.0 Å². The van der Waals surface area contributed by atoms with Gasteiger partial charge in [0.25, 0.3) is 0 Å². The van der Waals surface area contributed by atoms with Gasteiger partial charge in [-0.05, 0) is 61.4 Å². The van der Waals surface area contributed by atoms with E-state index in [1.165, 1.54) is 36.4 Å². The van der Waals surface area contributed by atoms with Crippen LogP contribution in [0.15, 0.2) is 131 Å². The molecule has 1 saturated heterocycles. The van der Waals surface area contributed by atoms with Gasteiger partial charge in [-0.25, -0.2) is 8.78 Å². The van der Waals surface area contributed by atoms with Crippen molar-refractivity contribution < 1.29 is 23.0 Å². The van der Waals surface area contributed by atoms with Gasteiger partial charge in [0.2, 0.25) is 29.3 Å². The highest BCUT2D eigenvalue weighted by molar-refractivity contribution is 5.95. The van der Waals surface area contributed by atoms with Crippen LogP contribution in [0.5, 0.6) is 23.3 Å². The Morgan fingerprint density at radius 2 is 1.12 bits per heavy atom. The number of pyridine rings is 2. The highest BCUT2D eigenvalue weighted by Gasteiger charge is 2.51. The summed E-state index contributed by atoms with van der Waals surface area (Å²) in [5, 5.41) is 4.52. The summed E-state index contributed by atoms with van der Waals surface area (Å²) in [6.07, 6.45) is 3.91. The molecule has 0 aliphatic carbocycles. The van der Waals surface area contributed by atoms with Crippen LogP contribution in [0.4, 0.5) is 8.78 Å². The van der Waals surface area contributed by atoms with E-state index >= 15 is 8.78 Å². The molecule has 0 bridgehead atoms. The molecule has 5 heterocycles. The number of aryl methyl sites for hydroxylation is 2. The summed E-state index contributed by atoms with van der Waals surface area (Å²) in [4.78, 5) is 47.6. The lowest BCUT2D eigenvalue weighted by molar-refractivity contribution is -0.124. The highest BCUT2D eigenvalue weighted by atomic mass is 19.1. The summed E-state index contributed by atoms with van der Waals surface area (Å²) < 4.78 is 47.5. The third-order valence-corrected chi connectivity index (χ3v) is 10.8. The fourth-order valence-electron chi connectivity index (χ4n) is 8.09. The van der Waals surface area contributed by atoms with Crippen LogP contribution in [0, 0.1) is 25.5 Å². The van der Waals surface area contributed by atoms with Crippen LogP contribution in [0.1, 0.15) is 22.3 Å². The molecule has 58 heavy (non-hydrogen) atoms. The SMILES string of the molecule is Cc1ccc(F)cc1Oc1c(C2(c3c(Oc4cc(F)ccc4C)n(-c4ccccc4)c4cc(=O)[nH]cc34)CNCCN2C=O)c2c[nH]c(=O)cc2n1-c1ccccc1. The van der Waals surface area contributed by atoms with Gasteiger partial charge in [-0.2, -0.15) is 0 Å². The number of H-pyrrole nitrogens is 2. The Hall–Kier alpha value is -7.25. The van der Waals surface area contributed by atoms with Crippen molar-refractivity contribution in [3.8, 4) is 34.6 Å². The summed E-state index contributed by atoms with van der Waals surface area (Å²) >= 11 is 0. The van der Waals surface area contributed by atoms with E-state index in [0.29, 0.717) is 62.0 Å². The fraction of sp³-hybridized carbons (Fsp3) is 0.133. The molecule has 9 rings (SSSR count). The number of hydrogen-bond acceptors (Lipinski definition) is 6. The molecule has 0 saturated carbocycles. The van der Waals surface area contributed by atoms with Gasteiger partial charge in [0.15, 0.2) is 0 Å². The van der Waals surface area contributed by atoms with E-state index in [0.717, 1.165) is 6.41 Å². The standard InChI is InChI=1S/C45H36F2N6O5/c1-27-13-15-29(46)19-37(27)57-43-41(33-23-49-39(55)21-35(33)52(43)31-9-5-3-6-10-31)45(25-48-17-18-51(45)26-54)42-34-24-50-40(56)22-36(34)53(32-11-7-4-8-12-32)44(42)58-38-20-30(47)16-14-28(38)2/h3-16,19-24,26,48H,17-18,25H2,1-2H3,(H,49,55)(H,50,56). The highest BCUT2D eigenvalue weighted by Crippen LogP contribution is 2.54. The van der Waals surface area contributed by atoms with Crippen LogP contribution in [0.3, 0.4) is 0 Å². The molecule has 4 aromatic heterocycles. The predicted molar refractivity (Wildman–Crippen MR) is 217 cm³/mol. The number of aromatic nitrogens is 4. The first-order valence-electron chi connectivity index (χ1n) is 18.6. The van der Waals surface area contributed by atoms with Crippen molar-refractivity contribution in [2.24, 2.45) is 0 Å². The minimum atomic E-state index is -1.57. The van der Waals surface area contributed by atoms with Gasteiger partial charge in [-0.15, -0.1) is 0 Å². The lowest BCUT2D eigenvalue weighted by Crippen LogP contribution is -2.59. The number of aromatic amines is 2. The fourth-order valence-corrected chi connectivity index (χ4v) is 8.09. The number of rotatable bonds is 9. The van der Waals surface area contributed by atoms with Crippen molar-refractivity contribution in [2.45, 2.75) is 19.4 Å². The number of piperazine rings is 1. The largest absolute Gasteiger partial charge is 0.440 e. The minimum absolute atomic E-state index is 0.0722. The van der Waals surface area contributed by atoms with Crippen LogP contribution >= 0.6 is 0 Å². The Labute approximate surface area is 329 Å². The Balaban J connectivity index is 1.50. The minimum Gasteiger partial charge on any atom is -0.440 e. The number of hydrogen-bond donors (Lipinski definition) is 3. The Kier molecular flexibility index (Phi) is 9.01. The zero-order valence-corrected chi connectivity index (χ0v) is 31.4. The van der Waals surface area contributed by atoms with Gasteiger partial charge in [-0.3, -0.25) is 23.5 Å². The second kappa shape index (κ2) is 14.4. The summed E-state index contributed by atoms with van der Waals surface area (Å²) in [6.45, 7) is 4.27. The molecule has 1 amide bonds. The monoisotopic (exact) mass is 778 g/mol. The molecule has 13 heteroatoms. The van der Waals surface area contributed by atoms with E-state index in [4.69, 9.17) is 9.47 Å². The number of benzene rings is 4. The molecule has 0 atom stereocenters. The maximum atomic E-state index is 15.1. The number of amides is 1. The Morgan fingerprint density at radius 1 is 0.655 bits per heavy atom. The second-order valence-electron chi connectivity index (χ2n) is 14.3. The third kappa shape index (κ3) is 5.94. The Bertz CT molecular complexity index is 2800. The maximum absolute atomic E-state index is 15.1. The molecule has 11 nitrogen and oxygen atoms in total. The van der Waals surface area contributed by atoms with Crippen molar-refractivity contribution in [3.63, 3.8) is 0 Å². The molecule has 3 N–H and O–H groups in total. The van der Waals surface area contributed by atoms with Crippen molar-refractivity contribution in [1.29, 1.82) is 0 Å². The number of nitrogens with zero attached hydrogens (tertiary/aromatic N) is 3. The van der Waals surface area contributed by atoms with E-state index in [-0.39, 0.29) is 36.3 Å². The molecule has 1 fully saturated rings. The number of halogens is 2. The summed E-state index contributed by atoms with van der Waals surface area (Å²) in [5.41, 5.74) is 1.85. The zero-order chi connectivity index (χ0) is 40.1. The normalized spacial score (nSPS) is 13.9. The molecule has 0 spiro atoms. The molecule has 290 valence electrons. The van der Waals surface area contributed by atoms with Gasteiger partial charge in [0.1, 0.15) is 28.7 Å². The first-order valence-corrected chi connectivity index (χ1v) is 18.6. The lowest BCUT2D eigenvalue weighted by atomic mass is 9.79. The smallest absolute Gasteiger partial charge is 0.250 e. The van der Waals surface area contributed by atoms with Crippen molar-refractivity contribution >= 4 is 28.2 Å². The van der Waals surface area contributed by atoms with Gasteiger partial charge in [-0.1, -0.05) is 48.5 Å². The number of carbonyl (C=O) groups excluding carboxylic acids is 1. The van der Waals surface area contributed by atoms with E-state index in [1.807, 2.05) is 60.7 Å². The molecule has 1 aliphatic heterocycles. The molecular weight excluding hydrogens is 743 g/mol. The summed E-state index contributed by atoms with van der Waals surface area (Å²) in [5.74, 6) is -0.289. The van der Waals surface area contributed by atoms with Gasteiger partial charge < -0.3 is 29.7 Å². The third-order valence-electron chi connectivity index (χ3n) is 10.8. The number of fused-ring (bicyclic) bond motifs is 2. The van der Waals surface area contributed by atoms with E-state index in [9.17, 15) is 14.4 Å².